The Morgan fingerprint density at radius 3 is 2.27 bits per heavy atom. The zero-order valence-corrected chi connectivity index (χ0v) is 14.4. The molecule has 0 atom stereocenters. The third kappa shape index (κ3) is 3.58. The third-order valence-corrected chi connectivity index (χ3v) is 10.5. The summed E-state index contributed by atoms with van der Waals surface area (Å²) in [6, 6.07) is 8.08. The fourth-order valence-electron chi connectivity index (χ4n) is 1.09. The molecule has 0 spiro atoms. The highest BCUT2D eigenvalue weighted by Crippen LogP contribution is 2.36. The Morgan fingerprint density at radius 1 is 1.27 bits per heavy atom. The van der Waals surface area contributed by atoms with Gasteiger partial charge in [0, 0.05) is 10.0 Å². The standard InChI is InChI=1S/C11H13BrClISi/c1-15(2,3)11(14)10(13)8-6-4-5-7-9(8)12/h4-7H,1-3H3/b11-10+. The largest absolute Gasteiger partial charge is 0.0874 e. The molecule has 0 saturated heterocycles. The molecule has 1 aromatic carbocycles. The first-order valence-corrected chi connectivity index (χ1v) is 10.4. The molecule has 0 saturated carbocycles. The van der Waals surface area contributed by atoms with E-state index >= 15 is 0 Å². The van der Waals surface area contributed by atoms with E-state index in [9.17, 15) is 0 Å². The molecule has 0 bridgehead atoms. The minimum absolute atomic E-state index is 0.891. The van der Waals surface area contributed by atoms with Crippen molar-refractivity contribution in [2.45, 2.75) is 19.6 Å². The van der Waals surface area contributed by atoms with Crippen molar-refractivity contribution < 1.29 is 0 Å². The van der Waals surface area contributed by atoms with Crippen molar-refractivity contribution in [1.29, 1.82) is 0 Å². The summed E-state index contributed by atoms with van der Waals surface area (Å²) >= 11 is 12.3. The van der Waals surface area contributed by atoms with Crippen molar-refractivity contribution in [3.8, 4) is 0 Å². The van der Waals surface area contributed by atoms with Crippen LogP contribution in [-0.2, 0) is 0 Å². The van der Waals surface area contributed by atoms with E-state index < -0.39 is 8.07 Å². The highest BCUT2D eigenvalue weighted by atomic mass is 127. The maximum atomic E-state index is 6.42. The molecule has 0 heterocycles. The quantitative estimate of drug-likeness (QED) is 0.431. The molecule has 15 heavy (non-hydrogen) atoms. The molecule has 0 nitrogen and oxygen atoms in total. The van der Waals surface area contributed by atoms with Gasteiger partial charge in [-0.3, -0.25) is 0 Å². The van der Waals surface area contributed by atoms with Crippen molar-refractivity contribution in [3.63, 3.8) is 0 Å². The Balaban J connectivity index is 3.26. The van der Waals surface area contributed by atoms with Crippen molar-refractivity contribution in [3.05, 3.63) is 37.5 Å². The number of hydrogen-bond acceptors (Lipinski definition) is 0. The SMILES string of the molecule is C[Si](C)(C)/C(I)=C(/Cl)c1ccccc1Br. The molecule has 82 valence electrons. The molecule has 0 unspecified atom stereocenters. The van der Waals surface area contributed by atoms with Crippen LogP contribution in [0.4, 0.5) is 0 Å². The maximum Gasteiger partial charge on any atom is 0.0874 e. The lowest BCUT2D eigenvalue weighted by molar-refractivity contribution is 1.59. The fraction of sp³-hybridized carbons (Fsp3) is 0.273. The summed E-state index contributed by atoms with van der Waals surface area (Å²) in [5, 5.41) is 0.891. The summed E-state index contributed by atoms with van der Waals surface area (Å²) in [5.41, 5.74) is 1.09. The van der Waals surface area contributed by atoms with E-state index in [4.69, 9.17) is 11.6 Å². The molecule has 4 heteroatoms. The van der Waals surface area contributed by atoms with Gasteiger partial charge < -0.3 is 0 Å². The van der Waals surface area contributed by atoms with Crippen LogP contribution in [0.3, 0.4) is 0 Å². The van der Waals surface area contributed by atoms with Gasteiger partial charge in [-0.25, -0.2) is 0 Å². The summed E-state index contributed by atoms with van der Waals surface area (Å²) < 4.78 is 2.37. The van der Waals surface area contributed by atoms with Crippen LogP contribution in [0.5, 0.6) is 0 Å². The molecule has 1 aromatic rings. The fourth-order valence-corrected chi connectivity index (χ4v) is 3.78. The molecule has 0 aromatic heterocycles. The second-order valence-electron chi connectivity index (χ2n) is 4.36. The van der Waals surface area contributed by atoms with Crippen LogP contribution in [0.15, 0.2) is 31.9 Å². The van der Waals surface area contributed by atoms with Crippen molar-refractivity contribution in [1.82, 2.24) is 0 Å². The van der Waals surface area contributed by atoms with Gasteiger partial charge in [0.1, 0.15) is 0 Å². The van der Waals surface area contributed by atoms with E-state index in [1.807, 2.05) is 24.3 Å². The normalized spacial score (nSPS) is 13.7. The van der Waals surface area contributed by atoms with E-state index in [-0.39, 0.29) is 0 Å². The number of benzene rings is 1. The maximum absolute atomic E-state index is 6.42. The minimum atomic E-state index is -1.32. The van der Waals surface area contributed by atoms with Gasteiger partial charge in [-0.1, -0.05) is 88.0 Å². The first kappa shape index (κ1) is 13.7. The van der Waals surface area contributed by atoms with Crippen LogP contribution in [0, 0.1) is 0 Å². The monoisotopic (exact) mass is 414 g/mol. The topological polar surface area (TPSA) is 0 Å². The van der Waals surface area contributed by atoms with Gasteiger partial charge in [0.2, 0.25) is 0 Å². The lowest BCUT2D eigenvalue weighted by atomic mass is 10.2. The first-order chi connectivity index (χ1) is 6.84. The number of hydrogen-bond donors (Lipinski definition) is 0. The molecule has 0 radical (unpaired) electrons. The lowest BCUT2D eigenvalue weighted by Gasteiger charge is -2.18. The highest BCUT2D eigenvalue weighted by molar-refractivity contribution is 14.1. The van der Waals surface area contributed by atoms with Gasteiger partial charge in [-0.15, -0.1) is 0 Å². The molecule has 0 aliphatic carbocycles. The lowest BCUT2D eigenvalue weighted by Crippen LogP contribution is -2.20. The van der Waals surface area contributed by atoms with E-state index in [0.717, 1.165) is 15.1 Å². The summed E-state index contributed by atoms with van der Waals surface area (Å²) in [7, 11) is -1.32. The van der Waals surface area contributed by atoms with Crippen LogP contribution >= 0.6 is 50.1 Å². The molecule has 0 amide bonds. The average Bonchev–Trinajstić information content (AvgIpc) is 2.15. The summed E-state index contributed by atoms with van der Waals surface area (Å²) in [6.07, 6.45) is 0. The average molecular weight is 416 g/mol. The van der Waals surface area contributed by atoms with E-state index in [1.54, 1.807) is 0 Å². The van der Waals surface area contributed by atoms with Crippen LogP contribution in [-0.4, -0.2) is 8.07 Å². The van der Waals surface area contributed by atoms with Crippen LogP contribution in [0.25, 0.3) is 5.03 Å². The second-order valence-corrected chi connectivity index (χ2v) is 12.7. The predicted octanol–water partition coefficient (Wildman–Crippen LogP) is 5.67. The van der Waals surface area contributed by atoms with Gasteiger partial charge in [0.05, 0.1) is 13.1 Å². The Bertz CT molecular complexity index is 396. The molecule has 0 N–H and O–H groups in total. The van der Waals surface area contributed by atoms with E-state index in [0.29, 0.717) is 0 Å². The molecular formula is C11H13BrClISi. The van der Waals surface area contributed by atoms with E-state index in [1.165, 1.54) is 3.20 Å². The Hall–Kier alpha value is 0.677. The summed E-state index contributed by atoms with van der Waals surface area (Å²) in [6.45, 7) is 6.90. The predicted molar refractivity (Wildman–Crippen MR) is 84.3 cm³/mol. The smallest absolute Gasteiger partial charge is 0.0833 e. The third-order valence-electron chi connectivity index (χ3n) is 1.96. The van der Waals surface area contributed by atoms with E-state index in [2.05, 4.69) is 58.2 Å². The van der Waals surface area contributed by atoms with Crippen LogP contribution in [0.1, 0.15) is 5.56 Å². The first-order valence-electron chi connectivity index (χ1n) is 4.64. The van der Waals surface area contributed by atoms with Crippen molar-refractivity contribution in [2.24, 2.45) is 0 Å². The Labute approximate surface area is 119 Å². The van der Waals surface area contributed by atoms with Gasteiger partial charge in [-0.2, -0.15) is 0 Å². The van der Waals surface area contributed by atoms with Crippen LogP contribution < -0.4 is 0 Å². The zero-order valence-electron chi connectivity index (χ0n) is 8.94. The Kier molecular flexibility index (Phi) is 4.89. The van der Waals surface area contributed by atoms with Gasteiger partial charge in [0.25, 0.3) is 0 Å². The molecule has 0 aliphatic rings. The highest BCUT2D eigenvalue weighted by Gasteiger charge is 2.21. The van der Waals surface area contributed by atoms with Crippen LogP contribution in [0.2, 0.25) is 19.6 Å². The number of rotatable bonds is 2. The van der Waals surface area contributed by atoms with Crippen molar-refractivity contribution >= 4 is 63.2 Å². The zero-order chi connectivity index (χ0) is 11.6. The minimum Gasteiger partial charge on any atom is -0.0833 e. The van der Waals surface area contributed by atoms with Crippen molar-refractivity contribution in [2.75, 3.05) is 0 Å². The molecular weight excluding hydrogens is 402 g/mol. The summed E-state index contributed by atoms with van der Waals surface area (Å²) in [4.78, 5) is 0. The molecule has 1 rings (SSSR count). The van der Waals surface area contributed by atoms with Gasteiger partial charge in [-0.05, 0) is 9.27 Å². The van der Waals surface area contributed by atoms with Gasteiger partial charge >= 0.3 is 0 Å². The molecule has 0 aliphatic heterocycles. The van der Waals surface area contributed by atoms with Gasteiger partial charge in [0.15, 0.2) is 0 Å². The Morgan fingerprint density at radius 2 is 1.80 bits per heavy atom. The second kappa shape index (κ2) is 5.34. The number of halogens is 3. The molecule has 0 fully saturated rings. The summed E-state index contributed by atoms with van der Waals surface area (Å²) in [5.74, 6) is 0.